The lowest BCUT2D eigenvalue weighted by molar-refractivity contribution is -0.114. The molecule has 0 saturated heterocycles. The van der Waals surface area contributed by atoms with E-state index in [-0.39, 0.29) is 11.3 Å². The number of carbonyl (C=O) groups excluding carboxylic acids is 1. The third kappa shape index (κ3) is 4.34. The molecule has 0 saturated carbocycles. The Morgan fingerprint density at radius 3 is 2.70 bits per heavy atom. The Morgan fingerprint density at radius 1 is 1.39 bits per heavy atom. The Balaban J connectivity index is 2.18. The van der Waals surface area contributed by atoms with Crippen LogP contribution in [0.5, 0.6) is 0 Å². The lowest BCUT2D eigenvalue weighted by atomic mass is 9.77. The van der Waals surface area contributed by atoms with Crippen LogP contribution in [0.15, 0.2) is 40.9 Å². The summed E-state index contributed by atoms with van der Waals surface area (Å²) in [5.74, 6) is 0.422. The van der Waals surface area contributed by atoms with Gasteiger partial charge in [-0.2, -0.15) is 0 Å². The van der Waals surface area contributed by atoms with E-state index in [1.54, 1.807) is 23.5 Å². The normalized spacial score (nSPS) is 14.3. The second-order valence-corrected chi connectivity index (χ2v) is 8.41. The number of nitrogens with one attached hydrogen (secondary N) is 1. The summed E-state index contributed by atoms with van der Waals surface area (Å²) in [6, 6.07) is 7.65. The van der Waals surface area contributed by atoms with E-state index >= 15 is 0 Å². The van der Waals surface area contributed by atoms with Crippen molar-refractivity contribution in [1.82, 2.24) is 4.98 Å². The lowest BCUT2D eigenvalue weighted by Crippen LogP contribution is -2.41. The largest absolute Gasteiger partial charge is 0.383 e. The van der Waals surface area contributed by atoms with Crippen LogP contribution < -0.4 is 5.32 Å². The van der Waals surface area contributed by atoms with Crippen molar-refractivity contribution < 1.29 is 9.90 Å². The van der Waals surface area contributed by atoms with Crippen molar-refractivity contribution in [3.63, 3.8) is 0 Å². The van der Waals surface area contributed by atoms with Gasteiger partial charge < -0.3 is 10.4 Å². The van der Waals surface area contributed by atoms with Gasteiger partial charge in [-0.05, 0) is 23.6 Å². The first-order valence-corrected chi connectivity index (χ1v) is 9.21. The molecule has 2 N–H and O–H groups in total. The number of carbonyl (C=O) groups is 1. The van der Waals surface area contributed by atoms with E-state index in [9.17, 15) is 9.90 Å². The van der Waals surface area contributed by atoms with Crippen molar-refractivity contribution in [2.75, 3.05) is 11.1 Å². The number of anilines is 1. The van der Waals surface area contributed by atoms with Crippen LogP contribution in [0.4, 0.5) is 5.69 Å². The van der Waals surface area contributed by atoms with Crippen LogP contribution in [0.1, 0.15) is 32.6 Å². The van der Waals surface area contributed by atoms with Gasteiger partial charge in [-0.1, -0.05) is 26.8 Å². The number of aliphatic hydroxyl groups is 1. The predicted molar refractivity (Wildman–Crippen MR) is 96.9 cm³/mol. The summed E-state index contributed by atoms with van der Waals surface area (Å²) in [5, 5.41) is 14.0. The molecule has 23 heavy (non-hydrogen) atoms. The molecule has 1 aromatic heterocycles. The van der Waals surface area contributed by atoms with Crippen molar-refractivity contribution in [2.24, 2.45) is 5.41 Å². The van der Waals surface area contributed by atoms with Crippen LogP contribution in [0, 0.1) is 5.41 Å². The van der Waals surface area contributed by atoms with Gasteiger partial charge in [0.1, 0.15) is 5.60 Å². The number of aromatic nitrogens is 1. The topological polar surface area (TPSA) is 62.2 Å². The highest BCUT2D eigenvalue weighted by molar-refractivity contribution is 7.99. The van der Waals surface area contributed by atoms with E-state index < -0.39 is 5.60 Å². The van der Waals surface area contributed by atoms with E-state index in [4.69, 9.17) is 0 Å². The van der Waals surface area contributed by atoms with Crippen LogP contribution in [0.2, 0.25) is 0 Å². The van der Waals surface area contributed by atoms with E-state index in [1.807, 2.05) is 45.0 Å². The van der Waals surface area contributed by atoms with Crippen molar-refractivity contribution in [2.45, 2.75) is 38.2 Å². The number of thioether (sulfide) groups is 1. The molecule has 4 nitrogen and oxygen atoms in total. The zero-order valence-electron chi connectivity index (χ0n) is 13.8. The third-order valence-corrected chi connectivity index (χ3v) is 5.76. The first kappa shape index (κ1) is 18.0. The molecular formula is C17H22N2O2S2. The van der Waals surface area contributed by atoms with Gasteiger partial charge in [0.15, 0.2) is 0 Å². The Morgan fingerprint density at radius 2 is 2.13 bits per heavy atom. The average molecular weight is 351 g/mol. The van der Waals surface area contributed by atoms with Crippen molar-refractivity contribution >= 4 is 34.7 Å². The van der Waals surface area contributed by atoms with Gasteiger partial charge >= 0.3 is 0 Å². The summed E-state index contributed by atoms with van der Waals surface area (Å²) in [5.41, 5.74) is 1.22. The molecule has 0 radical (unpaired) electrons. The summed E-state index contributed by atoms with van der Waals surface area (Å²) in [7, 11) is 0. The van der Waals surface area contributed by atoms with Crippen LogP contribution in [-0.4, -0.2) is 21.8 Å². The van der Waals surface area contributed by atoms with Crippen LogP contribution in [0.3, 0.4) is 0 Å². The SMILES string of the molecule is CC(=O)Nc1cccc(SCC(O)(c2cncs2)C(C)(C)C)c1. The molecule has 2 rings (SSSR count). The summed E-state index contributed by atoms with van der Waals surface area (Å²) in [6.07, 6.45) is 1.74. The molecule has 0 bridgehead atoms. The van der Waals surface area contributed by atoms with Gasteiger partial charge in [0.2, 0.25) is 5.91 Å². The third-order valence-electron chi connectivity index (χ3n) is 3.68. The number of hydrogen-bond acceptors (Lipinski definition) is 5. The fraction of sp³-hybridized carbons (Fsp3) is 0.412. The fourth-order valence-electron chi connectivity index (χ4n) is 2.13. The maximum absolute atomic E-state index is 11.3. The summed E-state index contributed by atoms with van der Waals surface area (Å²) in [4.78, 5) is 17.1. The molecular weight excluding hydrogens is 328 g/mol. The fourth-order valence-corrected chi connectivity index (χ4v) is 4.50. The number of nitrogens with zero attached hydrogens (tertiary/aromatic N) is 1. The number of benzene rings is 1. The van der Waals surface area contributed by atoms with Crippen molar-refractivity contribution in [3.8, 4) is 0 Å². The molecule has 0 fully saturated rings. The Labute approximate surface area is 145 Å². The molecule has 6 heteroatoms. The highest BCUT2D eigenvalue weighted by Crippen LogP contribution is 2.44. The Kier molecular flexibility index (Phi) is 5.49. The minimum Gasteiger partial charge on any atom is -0.383 e. The molecule has 1 heterocycles. The van der Waals surface area contributed by atoms with E-state index in [2.05, 4.69) is 10.3 Å². The van der Waals surface area contributed by atoms with Crippen LogP contribution in [0.25, 0.3) is 0 Å². The second kappa shape index (κ2) is 7.03. The maximum atomic E-state index is 11.3. The van der Waals surface area contributed by atoms with Gasteiger partial charge in [0, 0.05) is 29.5 Å². The highest BCUT2D eigenvalue weighted by Gasteiger charge is 2.42. The van der Waals surface area contributed by atoms with Crippen LogP contribution >= 0.6 is 23.1 Å². The average Bonchev–Trinajstić information content (AvgIpc) is 2.97. The molecule has 0 aliphatic carbocycles. The molecule has 124 valence electrons. The van der Waals surface area contributed by atoms with Gasteiger partial charge in [-0.15, -0.1) is 23.1 Å². The smallest absolute Gasteiger partial charge is 0.221 e. The zero-order chi connectivity index (χ0) is 17.1. The Hall–Kier alpha value is -1.37. The predicted octanol–water partition coefficient (Wildman–Crippen LogP) is 4.13. The standard InChI is InChI=1S/C17H22N2O2S2/c1-12(20)19-13-6-5-7-14(8-13)22-10-17(21,16(2,3)4)15-9-18-11-23-15/h5-9,11,21H,10H2,1-4H3,(H,19,20). The summed E-state index contributed by atoms with van der Waals surface area (Å²) < 4.78 is 0. The molecule has 1 aromatic carbocycles. The molecule has 0 aliphatic rings. The minimum atomic E-state index is -0.969. The highest BCUT2D eigenvalue weighted by atomic mass is 32.2. The molecule has 1 unspecified atom stereocenters. The van der Waals surface area contributed by atoms with E-state index in [0.29, 0.717) is 5.75 Å². The molecule has 1 amide bonds. The van der Waals surface area contributed by atoms with Gasteiger partial charge in [0.25, 0.3) is 0 Å². The Bertz CT molecular complexity index is 665. The summed E-state index contributed by atoms with van der Waals surface area (Å²) >= 11 is 3.04. The van der Waals surface area contributed by atoms with Gasteiger partial charge in [-0.3, -0.25) is 9.78 Å². The monoisotopic (exact) mass is 350 g/mol. The number of hydrogen-bond donors (Lipinski definition) is 2. The molecule has 0 spiro atoms. The number of amides is 1. The quantitative estimate of drug-likeness (QED) is 0.796. The van der Waals surface area contributed by atoms with E-state index in [0.717, 1.165) is 15.5 Å². The first-order chi connectivity index (χ1) is 10.7. The second-order valence-electron chi connectivity index (χ2n) is 6.47. The molecule has 2 aromatic rings. The van der Waals surface area contributed by atoms with Crippen molar-refractivity contribution in [1.29, 1.82) is 0 Å². The van der Waals surface area contributed by atoms with Gasteiger partial charge in [0.05, 0.1) is 10.4 Å². The number of rotatable bonds is 5. The van der Waals surface area contributed by atoms with E-state index in [1.165, 1.54) is 18.3 Å². The summed E-state index contributed by atoms with van der Waals surface area (Å²) in [6.45, 7) is 7.57. The molecule has 1 atom stereocenters. The first-order valence-electron chi connectivity index (χ1n) is 7.34. The molecule has 0 aliphatic heterocycles. The lowest BCUT2D eigenvalue weighted by Gasteiger charge is -2.39. The van der Waals surface area contributed by atoms with Crippen molar-refractivity contribution in [3.05, 3.63) is 40.8 Å². The zero-order valence-corrected chi connectivity index (χ0v) is 15.4. The van der Waals surface area contributed by atoms with Crippen LogP contribution in [-0.2, 0) is 10.4 Å². The van der Waals surface area contributed by atoms with Gasteiger partial charge in [-0.25, -0.2) is 0 Å². The maximum Gasteiger partial charge on any atom is 0.221 e. The number of thiazole rings is 1. The minimum absolute atomic E-state index is 0.0944.